The highest BCUT2D eigenvalue weighted by atomic mass is 19.4. The number of morpholine rings is 1. The van der Waals surface area contributed by atoms with Gasteiger partial charge in [-0.1, -0.05) is 6.58 Å². The van der Waals surface area contributed by atoms with Crippen molar-refractivity contribution in [2.75, 3.05) is 26.3 Å². The zero-order chi connectivity index (χ0) is 9.40. The van der Waals surface area contributed by atoms with Crippen LogP contribution in [0, 0.1) is 0 Å². The first kappa shape index (κ1) is 11.3. The van der Waals surface area contributed by atoms with E-state index in [1.165, 1.54) is 0 Å². The normalized spacial score (nSPS) is 16.8. The fourth-order valence-electron chi connectivity index (χ4n) is 0.760. The summed E-state index contributed by atoms with van der Waals surface area (Å²) in [4.78, 5) is 2.16. The summed E-state index contributed by atoms with van der Waals surface area (Å²) in [5.74, 6) is 0. The lowest BCUT2D eigenvalue weighted by atomic mass is 10.5. The summed E-state index contributed by atoms with van der Waals surface area (Å²) in [7, 11) is 0. The predicted octanol–water partition coefficient (Wildman–Crippen LogP) is 1.64. The van der Waals surface area contributed by atoms with E-state index in [9.17, 15) is 13.2 Å². The number of hydrogen-bond donors (Lipinski definition) is 0. The van der Waals surface area contributed by atoms with E-state index in [0.29, 0.717) is 0 Å². The maximum Gasteiger partial charge on any atom is 0.379 e. The van der Waals surface area contributed by atoms with Crippen molar-refractivity contribution in [1.29, 1.82) is 0 Å². The quantitative estimate of drug-likeness (QED) is 0.612. The molecule has 1 aliphatic heterocycles. The number of alkyl halides is 3. The number of halogens is 3. The minimum Gasteiger partial charge on any atom is -0.378 e. The highest BCUT2D eigenvalue weighted by Gasteiger charge is 2.03. The molecule has 0 aromatic rings. The van der Waals surface area contributed by atoms with Gasteiger partial charge in [-0.15, -0.1) is 0 Å². The number of hydrogen-bond acceptors (Lipinski definition) is 2. The topological polar surface area (TPSA) is 12.5 Å². The SMILES string of the molecule is C=CN1CCOCC1.FC(F)F. The average molecular weight is 183 g/mol. The third-order valence-corrected chi connectivity index (χ3v) is 1.30. The van der Waals surface area contributed by atoms with Gasteiger partial charge in [0.1, 0.15) is 0 Å². The summed E-state index contributed by atoms with van der Waals surface area (Å²) in [5.41, 5.74) is 0. The smallest absolute Gasteiger partial charge is 0.378 e. The Morgan fingerprint density at radius 2 is 1.67 bits per heavy atom. The van der Waals surface area contributed by atoms with Crippen LogP contribution in [0.5, 0.6) is 0 Å². The van der Waals surface area contributed by atoms with Crippen molar-refractivity contribution in [3.05, 3.63) is 12.8 Å². The van der Waals surface area contributed by atoms with Crippen LogP contribution in [0.4, 0.5) is 13.2 Å². The van der Waals surface area contributed by atoms with E-state index in [-0.39, 0.29) is 0 Å². The van der Waals surface area contributed by atoms with Gasteiger partial charge in [0.15, 0.2) is 0 Å². The molecule has 0 unspecified atom stereocenters. The van der Waals surface area contributed by atoms with Crippen molar-refractivity contribution in [3.8, 4) is 0 Å². The molecule has 12 heavy (non-hydrogen) atoms. The second kappa shape index (κ2) is 6.97. The van der Waals surface area contributed by atoms with Gasteiger partial charge in [-0.3, -0.25) is 0 Å². The van der Waals surface area contributed by atoms with Crippen LogP contribution in [0.25, 0.3) is 0 Å². The Kier molecular flexibility index (Phi) is 6.55. The lowest BCUT2D eigenvalue weighted by molar-refractivity contribution is 0.00819. The molecule has 0 N–H and O–H groups in total. The van der Waals surface area contributed by atoms with Crippen molar-refractivity contribution in [2.24, 2.45) is 0 Å². The van der Waals surface area contributed by atoms with Crippen molar-refractivity contribution in [3.63, 3.8) is 0 Å². The van der Waals surface area contributed by atoms with Gasteiger partial charge in [0.25, 0.3) is 0 Å². The van der Waals surface area contributed by atoms with E-state index in [1.807, 2.05) is 6.20 Å². The second-order valence-corrected chi connectivity index (χ2v) is 2.08. The van der Waals surface area contributed by atoms with E-state index >= 15 is 0 Å². The first-order chi connectivity index (χ1) is 5.66. The molecule has 0 spiro atoms. The summed E-state index contributed by atoms with van der Waals surface area (Å²) < 4.78 is 34.1. The molecule has 1 aliphatic rings. The molecule has 0 atom stereocenters. The summed E-state index contributed by atoms with van der Waals surface area (Å²) in [6.45, 7) is 3.70. The zero-order valence-corrected chi connectivity index (χ0v) is 6.68. The van der Waals surface area contributed by atoms with Crippen LogP contribution in [0.1, 0.15) is 0 Å². The van der Waals surface area contributed by atoms with Crippen LogP contribution in [0.15, 0.2) is 12.8 Å². The molecule has 1 heterocycles. The summed E-state index contributed by atoms with van der Waals surface area (Å²) in [5, 5.41) is 0. The second-order valence-electron chi connectivity index (χ2n) is 2.08. The largest absolute Gasteiger partial charge is 0.379 e. The highest BCUT2D eigenvalue weighted by molar-refractivity contribution is 4.72. The molecule has 1 fully saturated rings. The molecule has 0 saturated carbocycles. The molecular weight excluding hydrogens is 171 g/mol. The average Bonchev–Trinajstić information content (AvgIpc) is 2.05. The third-order valence-electron chi connectivity index (χ3n) is 1.30. The van der Waals surface area contributed by atoms with Gasteiger partial charge in [-0.05, 0) is 6.20 Å². The van der Waals surface area contributed by atoms with Crippen LogP contribution in [-0.2, 0) is 4.74 Å². The standard InChI is InChI=1S/C6H11NO.CHF3/c1-2-7-3-5-8-6-4-7;2-1(3)4/h2H,1,3-6H2;1H. The lowest BCUT2D eigenvalue weighted by Crippen LogP contribution is -2.31. The van der Waals surface area contributed by atoms with Crippen LogP contribution in [0.2, 0.25) is 0 Å². The van der Waals surface area contributed by atoms with Crippen molar-refractivity contribution in [1.82, 2.24) is 4.90 Å². The Hall–Kier alpha value is -0.710. The molecule has 2 nitrogen and oxygen atoms in total. The van der Waals surface area contributed by atoms with Gasteiger partial charge in [0, 0.05) is 13.1 Å². The first-order valence-corrected chi connectivity index (χ1v) is 3.53. The van der Waals surface area contributed by atoms with Gasteiger partial charge >= 0.3 is 6.68 Å². The van der Waals surface area contributed by atoms with Gasteiger partial charge in [0.2, 0.25) is 0 Å². The highest BCUT2D eigenvalue weighted by Crippen LogP contribution is 1.94. The maximum absolute atomic E-state index is 9.67. The zero-order valence-electron chi connectivity index (χ0n) is 6.68. The summed E-state index contributed by atoms with van der Waals surface area (Å²) >= 11 is 0. The molecule has 72 valence electrons. The Morgan fingerprint density at radius 1 is 1.25 bits per heavy atom. The molecule has 0 aliphatic carbocycles. The summed E-state index contributed by atoms with van der Waals surface area (Å²) in [6, 6.07) is 0. The van der Waals surface area contributed by atoms with Gasteiger partial charge in [-0.2, -0.15) is 13.2 Å². The van der Waals surface area contributed by atoms with Crippen molar-refractivity contribution < 1.29 is 17.9 Å². The van der Waals surface area contributed by atoms with E-state index in [4.69, 9.17) is 4.74 Å². The Balaban J connectivity index is 0.000000261. The molecule has 0 radical (unpaired) electrons. The van der Waals surface area contributed by atoms with Gasteiger partial charge < -0.3 is 9.64 Å². The van der Waals surface area contributed by atoms with Crippen molar-refractivity contribution in [2.45, 2.75) is 6.68 Å². The molecule has 0 bridgehead atoms. The lowest BCUT2D eigenvalue weighted by Gasteiger charge is -2.24. The van der Waals surface area contributed by atoms with E-state index in [1.54, 1.807) is 0 Å². The molecule has 1 saturated heterocycles. The van der Waals surface area contributed by atoms with E-state index in [0.717, 1.165) is 26.3 Å². The summed E-state index contributed by atoms with van der Waals surface area (Å²) in [6.07, 6.45) is 1.86. The molecule has 0 amide bonds. The van der Waals surface area contributed by atoms with E-state index < -0.39 is 6.68 Å². The Bertz CT molecular complexity index is 112. The molecule has 1 rings (SSSR count). The molecule has 5 heteroatoms. The van der Waals surface area contributed by atoms with Crippen LogP contribution in [0.3, 0.4) is 0 Å². The third kappa shape index (κ3) is 7.40. The number of ether oxygens (including phenoxy) is 1. The Morgan fingerprint density at radius 3 is 1.92 bits per heavy atom. The van der Waals surface area contributed by atoms with Crippen LogP contribution >= 0.6 is 0 Å². The maximum atomic E-state index is 9.67. The van der Waals surface area contributed by atoms with E-state index in [2.05, 4.69) is 11.5 Å². The van der Waals surface area contributed by atoms with Crippen molar-refractivity contribution >= 4 is 0 Å². The number of rotatable bonds is 1. The van der Waals surface area contributed by atoms with Gasteiger partial charge in [-0.25, -0.2) is 0 Å². The Labute approximate surface area is 69.6 Å². The van der Waals surface area contributed by atoms with Gasteiger partial charge in [0.05, 0.1) is 13.2 Å². The van der Waals surface area contributed by atoms with Crippen LogP contribution in [-0.4, -0.2) is 37.9 Å². The first-order valence-electron chi connectivity index (χ1n) is 3.53. The van der Waals surface area contributed by atoms with Crippen LogP contribution < -0.4 is 0 Å². The number of nitrogens with zero attached hydrogens (tertiary/aromatic N) is 1. The minimum absolute atomic E-state index is 0.853. The molecular formula is C7H12F3NO. The fraction of sp³-hybridized carbons (Fsp3) is 0.714. The predicted molar refractivity (Wildman–Crippen MR) is 39.7 cm³/mol. The minimum atomic E-state index is -3.67. The molecule has 0 aromatic carbocycles. The monoisotopic (exact) mass is 183 g/mol. The molecule has 0 aromatic heterocycles. The fourth-order valence-corrected chi connectivity index (χ4v) is 0.760.